The molecule has 0 unspecified atom stereocenters. The molecule has 7 heteroatoms. The first-order chi connectivity index (χ1) is 12.0. The Morgan fingerprint density at radius 3 is 2.15 bits per heavy atom. The van der Waals surface area contributed by atoms with E-state index < -0.39 is 23.7 Å². The lowest BCUT2D eigenvalue weighted by Crippen LogP contribution is -2.23. The number of ether oxygens (including phenoxy) is 2. The molecule has 2 rings (SSSR count). The van der Waals surface area contributed by atoms with Gasteiger partial charge in [-0.2, -0.15) is 5.26 Å². The van der Waals surface area contributed by atoms with Gasteiger partial charge in [0, 0.05) is 5.56 Å². The van der Waals surface area contributed by atoms with Crippen LogP contribution in [0, 0.1) is 11.3 Å². The Morgan fingerprint density at radius 2 is 1.65 bits per heavy atom. The summed E-state index contributed by atoms with van der Waals surface area (Å²) in [7, 11) is 0. The van der Waals surface area contributed by atoms with E-state index in [1.165, 1.54) is 30.3 Å². The van der Waals surface area contributed by atoms with Gasteiger partial charge in [0.15, 0.2) is 0 Å². The maximum atomic E-state index is 12.4. The van der Waals surface area contributed by atoms with Gasteiger partial charge in [0.1, 0.15) is 11.4 Å². The number of carbonyl (C=O) groups is 1. The lowest BCUT2D eigenvalue weighted by molar-refractivity contribution is -0.274. The highest BCUT2D eigenvalue weighted by atomic mass is 19.4. The summed E-state index contributed by atoms with van der Waals surface area (Å²) in [4.78, 5) is 12.0. The molecule has 0 radical (unpaired) electrons. The summed E-state index contributed by atoms with van der Waals surface area (Å²) in [5.41, 5.74) is 0.577. The van der Waals surface area contributed by atoms with Gasteiger partial charge in [-0.3, -0.25) is 0 Å². The summed E-state index contributed by atoms with van der Waals surface area (Å²) < 4.78 is 46.3. The van der Waals surface area contributed by atoms with Gasteiger partial charge in [-0.15, -0.1) is 13.2 Å². The SMILES string of the molecule is CC(C)(C)OC(=O)c1ccc(-c2cc(OC(F)(F)F)ccc2C#N)cc1. The van der Waals surface area contributed by atoms with E-state index >= 15 is 0 Å². The van der Waals surface area contributed by atoms with Crippen LogP contribution >= 0.6 is 0 Å². The monoisotopic (exact) mass is 363 g/mol. The van der Waals surface area contributed by atoms with Gasteiger partial charge in [0.05, 0.1) is 17.2 Å². The number of benzene rings is 2. The lowest BCUT2D eigenvalue weighted by Gasteiger charge is -2.19. The second-order valence-electron chi connectivity index (χ2n) is 6.45. The van der Waals surface area contributed by atoms with E-state index in [4.69, 9.17) is 4.74 Å². The molecule has 0 aliphatic carbocycles. The fraction of sp³-hybridized carbons (Fsp3) is 0.263. The van der Waals surface area contributed by atoms with Crippen molar-refractivity contribution in [2.24, 2.45) is 0 Å². The number of alkyl halides is 3. The molecule has 0 saturated heterocycles. The normalized spacial score (nSPS) is 11.6. The van der Waals surface area contributed by atoms with E-state index in [-0.39, 0.29) is 11.1 Å². The summed E-state index contributed by atoms with van der Waals surface area (Å²) in [6.07, 6.45) is -4.83. The minimum absolute atomic E-state index is 0.185. The van der Waals surface area contributed by atoms with Crippen LogP contribution in [0.15, 0.2) is 42.5 Å². The number of esters is 1. The molecule has 0 N–H and O–H groups in total. The molecular formula is C19H16F3NO3. The Morgan fingerprint density at radius 1 is 1.04 bits per heavy atom. The zero-order valence-electron chi connectivity index (χ0n) is 14.3. The zero-order valence-corrected chi connectivity index (χ0v) is 14.3. The van der Waals surface area contributed by atoms with Crippen LogP contribution in [0.4, 0.5) is 13.2 Å². The molecule has 0 heterocycles. The second-order valence-corrected chi connectivity index (χ2v) is 6.45. The molecule has 0 saturated carbocycles. The molecule has 4 nitrogen and oxygen atoms in total. The molecule has 136 valence electrons. The van der Waals surface area contributed by atoms with Crippen molar-refractivity contribution >= 4 is 5.97 Å². The molecule has 0 amide bonds. The largest absolute Gasteiger partial charge is 0.573 e. The second kappa shape index (κ2) is 7.08. The first kappa shape index (κ1) is 19.3. The van der Waals surface area contributed by atoms with Gasteiger partial charge in [-0.25, -0.2) is 4.79 Å². The number of nitrogens with zero attached hydrogens (tertiary/aromatic N) is 1. The molecule has 0 bridgehead atoms. The molecule has 0 spiro atoms. The van der Waals surface area contributed by atoms with Crippen molar-refractivity contribution < 1.29 is 27.4 Å². The molecule has 2 aromatic carbocycles. The number of hydrogen-bond acceptors (Lipinski definition) is 4. The van der Waals surface area contributed by atoms with E-state index in [0.29, 0.717) is 11.1 Å². The number of halogens is 3. The maximum Gasteiger partial charge on any atom is 0.573 e. The standard InChI is InChI=1S/C19H16F3NO3/c1-18(2,3)26-17(24)13-6-4-12(5-7-13)16-10-15(25-19(20,21)22)9-8-14(16)11-23/h4-10H,1-3H3. The third-order valence-corrected chi connectivity index (χ3v) is 3.18. The summed E-state index contributed by atoms with van der Waals surface area (Å²) in [5.74, 6) is -0.943. The topological polar surface area (TPSA) is 59.3 Å². The summed E-state index contributed by atoms with van der Waals surface area (Å²) >= 11 is 0. The molecular weight excluding hydrogens is 347 g/mol. The molecule has 0 aliphatic rings. The molecule has 0 atom stereocenters. The van der Waals surface area contributed by atoms with E-state index in [1.807, 2.05) is 6.07 Å². The predicted octanol–water partition coefficient (Wildman–Crippen LogP) is 5.08. The van der Waals surface area contributed by atoms with Crippen molar-refractivity contribution in [3.8, 4) is 22.9 Å². The Hall–Kier alpha value is -3.01. The lowest BCUT2D eigenvalue weighted by atomic mass is 9.99. The van der Waals surface area contributed by atoms with Crippen LogP contribution in [0.25, 0.3) is 11.1 Å². The average molecular weight is 363 g/mol. The molecule has 0 aromatic heterocycles. The van der Waals surface area contributed by atoms with E-state index in [1.54, 1.807) is 20.8 Å². The van der Waals surface area contributed by atoms with Crippen molar-refractivity contribution in [3.63, 3.8) is 0 Å². The quantitative estimate of drug-likeness (QED) is 0.714. The minimum atomic E-state index is -4.83. The first-order valence-electron chi connectivity index (χ1n) is 7.62. The average Bonchev–Trinajstić information content (AvgIpc) is 2.52. The van der Waals surface area contributed by atoms with Crippen LogP contribution in [0.2, 0.25) is 0 Å². The highest BCUT2D eigenvalue weighted by Gasteiger charge is 2.31. The van der Waals surface area contributed by atoms with Crippen LogP contribution in [-0.2, 0) is 4.74 Å². The Labute approximate surface area is 148 Å². The number of hydrogen-bond donors (Lipinski definition) is 0. The van der Waals surface area contributed by atoms with Crippen LogP contribution in [0.3, 0.4) is 0 Å². The van der Waals surface area contributed by atoms with Crippen LogP contribution < -0.4 is 4.74 Å². The number of rotatable bonds is 3. The molecule has 2 aromatic rings. The van der Waals surface area contributed by atoms with Gasteiger partial charge in [0.25, 0.3) is 0 Å². The fourth-order valence-electron chi connectivity index (χ4n) is 2.18. The van der Waals surface area contributed by atoms with Gasteiger partial charge in [-0.1, -0.05) is 12.1 Å². The Balaban J connectivity index is 2.34. The van der Waals surface area contributed by atoms with Crippen LogP contribution in [0.5, 0.6) is 5.75 Å². The minimum Gasteiger partial charge on any atom is -0.456 e. The molecule has 0 aliphatic heterocycles. The van der Waals surface area contributed by atoms with E-state index in [9.17, 15) is 23.2 Å². The van der Waals surface area contributed by atoms with Gasteiger partial charge >= 0.3 is 12.3 Å². The summed E-state index contributed by atoms with van der Waals surface area (Å²) in [5, 5.41) is 9.19. The van der Waals surface area contributed by atoms with Crippen molar-refractivity contribution in [2.75, 3.05) is 0 Å². The maximum absolute atomic E-state index is 12.4. The van der Waals surface area contributed by atoms with Crippen molar-refractivity contribution in [3.05, 3.63) is 53.6 Å². The first-order valence-corrected chi connectivity index (χ1v) is 7.62. The van der Waals surface area contributed by atoms with Gasteiger partial charge in [-0.05, 0) is 56.7 Å². The predicted molar refractivity (Wildman–Crippen MR) is 88.4 cm³/mol. The van der Waals surface area contributed by atoms with Crippen LogP contribution in [-0.4, -0.2) is 17.9 Å². The number of nitriles is 1. The van der Waals surface area contributed by atoms with Crippen molar-refractivity contribution in [2.45, 2.75) is 32.7 Å². The Kier molecular flexibility index (Phi) is 5.26. The zero-order chi connectivity index (χ0) is 19.5. The smallest absolute Gasteiger partial charge is 0.456 e. The van der Waals surface area contributed by atoms with E-state index in [2.05, 4.69) is 4.74 Å². The summed E-state index contributed by atoms with van der Waals surface area (Å²) in [6, 6.07) is 11.4. The fourth-order valence-corrected chi connectivity index (χ4v) is 2.18. The highest BCUT2D eigenvalue weighted by molar-refractivity contribution is 5.90. The van der Waals surface area contributed by atoms with E-state index in [0.717, 1.165) is 12.1 Å². The molecule has 26 heavy (non-hydrogen) atoms. The van der Waals surface area contributed by atoms with Gasteiger partial charge in [0.2, 0.25) is 0 Å². The third-order valence-electron chi connectivity index (χ3n) is 3.18. The summed E-state index contributed by atoms with van der Waals surface area (Å²) in [6.45, 7) is 5.22. The molecule has 0 fully saturated rings. The van der Waals surface area contributed by atoms with Crippen molar-refractivity contribution in [1.29, 1.82) is 5.26 Å². The highest BCUT2D eigenvalue weighted by Crippen LogP contribution is 2.31. The van der Waals surface area contributed by atoms with Crippen LogP contribution in [0.1, 0.15) is 36.7 Å². The third kappa shape index (κ3) is 5.24. The Bertz CT molecular complexity index is 844. The number of carbonyl (C=O) groups excluding carboxylic acids is 1. The van der Waals surface area contributed by atoms with Crippen molar-refractivity contribution in [1.82, 2.24) is 0 Å². The van der Waals surface area contributed by atoms with Gasteiger partial charge < -0.3 is 9.47 Å².